The molecule has 0 N–H and O–H groups in total. The average molecular weight is 598 g/mol. The topological polar surface area (TPSA) is 56.9 Å². The van der Waals surface area contributed by atoms with Crippen molar-refractivity contribution in [3.8, 4) is 17.1 Å². The van der Waals surface area contributed by atoms with Crippen LogP contribution < -0.4 is 11.1 Å². The van der Waals surface area contributed by atoms with E-state index in [-0.39, 0.29) is 11.1 Å². The monoisotopic (exact) mass is 597 g/mol. The number of fused-ring (bicyclic) bond motifs is 2. The molecular weight excluding hydrogens is 581 g/mol. The van der Waals surface area contributed by atoms with Gasteiger partial charge in [0.05, 0.1) is 27.7 Å². The highest BCUT2D eigenvalue weighted by atomic mass is 127. The molecule has 0 aliphatic heterocycles. The molecule has 0 saturated carbocycles. The molecule has 0 spiro atoms. The molecule has 0 fully saturated rings. The summed E-state index contributed by atoms with van der Waals surface area (Å²) in [6.45, 7) is 1.97. The summed E-state index contributed by atoms with van der Waals surface area (Å²) in [6, 6.07) is 20.8. The number of benzene rings is 3. The fourth-order valence-electron chi connectivity index (χ4n) is 3.96. The second kappa shape index (κ2) is 7.97. The lowest BCUT2D eigenvalue weighted by atomic mass is 10.1. The first-order valence-electron chi connectivity index (χ1n) is 9.92. The van der Waals surface area contributed by atoms with E-state index in [2.05, 4.69) is 38.5 Å². The molecule has 5 nitrogen and oxygen atoms in total. The molecule has 0 amide bonds. The summed E-state index contributed by atoms with van der Waals surface area (Å²) in [5.41, 5.74) is 3.01. The SMILES string of the molecule is Cc1cccc(-n2c(-c3cc4cc(Br)ccc4n(C)c3=O)nc3ccc(I)cc3c2=O)c1. The van der Waals surface area contributed by atoms with Gasteiger partial charge in [0, 0.05) is 20.5 Å². The lowest BCUT2D eigenvalue weighted by Crippen LogP contribution is -2.26. The first kappa shape index (κ1) is 21.1. The molecule has 0 unspecified atom stereocenters. The van der Waals surface area contributed by atoms with Crippen molar-refractivity contribution in [2.45, 2.75) is 6.92 Å². The Morgan fingerprint density at radius 3 is 2.53 bits per heavy atom. The summed E-state index contributed by atoms with van der Waals surface area (Å²) in [7, 11) is 1.74. The lowest BCUT2D eigenvalue weighted by molar-refractivity contribution is 0.895. The van der Waals surface area contributed by atoms with E-state index in [1.807, 2.05) is 73.7 Å². The highest BCUT2D eigenvalue weighted by Gasteiger charge is 2.19. The third-order valence-corrected chi connectivity index (χ3v) is 6.68. The van der Waals surface area contributed by atoms with Crippen LogP contribution in [0.15, 0.2) is 80.8 Å². The quantitative estimate of drug-likeness (QED) is 0.250. The van der Waals surface area contributed by atoms with Gasteiger partial charge in [-0.2, -0.15) is 0 Å². The highest BCUT2D eigenvalue weighted by molar-refractivity contribution is 14.1. The summed E-state index contributed by atoms with van der Waals surface area (Å²) < 4.78 is 5.00. The van der Waals surface area contributed by atoms with E-state index in [9.17, 15) is 9.59 Å². The molecule has 32 heavy (non-hydrogen) atoms. The Labute approximate surface area is 205 Å². The van der Waals surface area contributed by atoms with Crippen molar-refractivity contribution < 1.29 is 0 Å². The third-order valence-electron chi connectivity index (χ3n) is 5.52. The van der Waals surface area contributed by atoms with Crippen molar-refractivity contribution in [2.24, 2.45) is 7.05 Å². The zero-order valence-electron chi connectivity index (χ0n) is 17.3. The molecular formula is C25H17BrIN3O2. The van der Waals surface area contributed by atoms with Crippen LogP contribution in [0.1, 0.15) is 5.56 Å². The van der Waals surface area contributed by atoms with Gasteiger partial charge in [-0.05, 0) is 89.7 Å². The van der Waals surface area contributed by atoms with E-state index in [1.165, 1.54) is 0 Å². The smallest absolute Gasteiger partial charge is 0.266 e. The van der Waals surface area contributed by atoms with Crippen molar-refractivity contribution in [2.75, 3.05) is 0 Å². The standard InChI is InChI=1S/C25H17BrIN3O2/c1-14-4-3-5-18(10-14)30-23(28-21-8-7-17(27)13-19(21)25(30)32)20-12-15-11-16(26)6-9-22(15)29(2)24(20)31/h3-13H,1-2H3. The van der Waals surface area contributed by atoms with Crippen molar-refractivity contribution in [3.63, 3.8) is 0 Å². The fourth-order valence-corrected chi connectivity index (χ4v) is 4.83. The molecule has 2 aromatic heterocycles. The van der Waals surface area contributed by atoms with Gasteiger partial charge in [-0.3, -0.25) is 14.2 Å². The molecule has 2 heterocycles. The van der Waals surface area contributed by atoms with Crippen LogP contribution >= 0.6 is 38.5 Å². The molecule has 158 valence electrons. The number of pyridine rings is 1. The maximum atomic E-state index is 13.7. The minimum absolute atomic E-state index is 0.203. The van der Waals surface area contributed by atoms with E-state index in [0.717, 1.165) is 24.5 Å². The van der Waals surface area contributed by atoms with Crippen molar-refractivity contribution >= 4 is 60.3 Å². The van der Waals surface area contributed by atoms with Gasteiger partial charge in [-0.25, -0.2) is 4.98 Å². The second-order valence-electron chi connectivity index (χ2n) is 7.70. The fraction of sp³-hybridized carbons (Fsp3) is 0.0800. The van der Waals surface area contributed by atoms with Gasteiger partial charge in [0.2, 0.25) is 0 Å². The predicted octanol–water partition coefficient (Wildman–Crippen LogP) is 5.58. The van der Waals surface area contributed by atoms with Gasteiger partial charge in [-0.1, -0.05) is 28.1 Å². The molecule has 3 aromatic carbocycles. The molecule has 0 radical (unpaired) electrons. The van der Waals surface area contributed by atoms with Crippen LogP contribution in [0, 0.1) is 10.5 Å². The first-order valence-corrected chi connectivity index (χ1v) is 11.8. The molecule has 0 atom stereocenters. The maximum absolute atomic E-state index is 13.7. The Kier molecular flexibility index (Phi) is 5.25. The van der Waals surface area contributed by atoms with Gasteiger partial charge in [-0.15, -0.1) is 0 Å². The summed E-state index contributed by atoms with van der Waals surface area (Å²) in [5, 5.41) is 1.40. The van der Waals surface area contributed by atoms with Gasteiger partial charge < -0.3 is 4.57 Å². The number of aromatic nitrogens is 3. The summed E-state index contributed by atoms with van der Waals surface area (Å²) in [6.07, 6.45) is 0. The van der Waals surface area contributed by atoms with Crippen molar-refractivity contribution in [1.82, 2.24) is 14.1 Å². The second-order valence-corrected chi connectivity index (χ2v) is 9.86. The Morgan fingerprint density at radius 1 is 0.938 bits per heavy atom. The van der Waals surface area contributed by atoms with Crippen molar-refractivity contribution in [1.29, 1.82) is 0 Å². The molecule has 5 rings (SSSR count). The Morgan fingerprint density at radius 2 is 1.75 bits per heavy atom. The third kappa shape index (κ3) is 3.49. The Hall–Kier alpha value is -2.78. The Bertz CT molecular complexity index is 1670. The molecule has 0 aliphatic rings. The zero-order valence-corrected chi connectivity index (χ0v) is 21.0. The minimum atomic E-state index is -0.210. The number of halogens is 2. The highest BCUT2D eigenvalue weighted by Crippen LogP contribution is 2.25. The molecule has 5 aromatic rings. The van der Waals surface area contributed by atoms with E-state index in [1.54, 1.807) is 16.2 Å². The van der Waals surface area contributed by atoms with E-state index in [0.29, 0.717) is 28.0 Å². The van der Waals surface area contributed by atoms with Gasteiger partial charge in [0.25, 0.3) is 11.1 Å². The molecule has 0 bridgehead atoms. The van der Waals surface area contributed by atoms with Gasteiger partial charge in [0.15, 0.2) is 5.82 Å². The van der Waals surface area contributed by atoms with Crippen LogP contribution in [-0.4, -0.2) is 14.1 Å². The van der Waals surface area contributed by atoms with Crippen LogP contribution in [0.4, 0.5) is 0 Å². The first-order chi connectivity index (χ1) is 15.3. The average Bonchev–Trinajstić information content (AvgIpc) is 2.76. The Balaban J connectivity index is 1.96. The molecule has 0 aliphatic carbocycles. The van der Waals surface area contributed by atoms with Gasteiger partial charge in [0.1, 0.15) is 0 Å². The number of nitrogens with zero attached hydrogens (tertiary/aromatic N) is 3. The minimum Gasteiger partial charge on any atom is -0.311 e. The summed E-state index contributed by atoms with van der Waals surface area (Å²) >= 11 is 5.69. The zero-order chi connectivity index (χ0) is 22.6. The van der Waals surface area contributed by atoms with Crippen LogP contribution in [0.2, 0.25) is 0 Å². The summed E-state index contributed by atoms with van der Waals surface area (Å²) in [4.78, 5) is 31.9. The van der Waals surface area contributed by atoms with Crippen LogP contribution in [0.5, 0.6) is 0 Å². The number of hydrogen-bond donors (Lipinski definition) is 0. The summed E-state index contributed by atoms with van der Waals surface area (Å²) in [5.74, 6) is 0.330. The number of rotatable bonds is 2. The maximum Gasteiger partial charge on any atom is 0.266 e. The van der Waals surface area contributed by atoms with Crippen LogP contribution in [0.3, 0.4) is 0 Å². The number of hydrogen-bond acceptors (Lipinski definition) is 3. The largest absolute Gasteiger partial charge is 0.311 e. The van der Waals surface area contributed by atoms with E-state index in [4.69, 9.17) is 4.98 Å². The van der Waals surface area contributed by atoms with E-state index < -0.39 is 0 Å². The van der Waals surface area contributed by atoms with Crippen LogP contribution in [0.25, 0.3) is 38.9 Å². The predicted molar refractivity (Wildman–Crippen MR) is 141 cm³/mol. The van der Waals surface area contributed by atoms with Gasteiger partial charge >= 0.3 is 0 Å². The number of aryl methyl sites for hydroxylation is 2. The van der Waals surface area contributed by atoms with E-state index >= 15 is 0 Å². The van der Waals surface area contributed by atoms with Crippen LogP contribution in [-0.2, 0) is 7.05 Å². The van der Waals surface area contributed by atoms with Crippen molar-refractivity contribution in [3.05, 3.63) is 101 Å². The normalized spacial score (nSPS) is 11.4. The molecule has 7 heteroatoms. The molecule has 0 saturated heterocycles. The lowest BCUT2D eigenvalue weighted by Gasteiger charge is -2.16.